The zero-order chi connectivity index (χ0) is 19.1. The van der Waals surface area contributed by atoms with E-state index in [1.807, 2.05) is 19.1 Å². The summed E-state index contributed by atoms with van der Waals surface area (Å²) in [7, 11) is 1.40. The third-order valence-corrected chi connectivity index (χ3v) is 5.78. The lowest BCUT2D eigenvalue weighted by Crippen LogP contribution is -2.33. The molecule has 0 heterocycles. The quantitative estimate of drug-likeness (QED) is 0.702. The van der Waals surface area contributed by atoms with Crippen LogP contribution >= 0.6 is 0 Å². The van der Waals surface area contributed by atoms with Gasteiger partial charge in [-0.2, -0.15) is 0 Å². The van der Waals surface area contributed by atoms with Crippen LogP contribution in [0.3, 0.4) is 0 Å². The van der Waals surface area contributed by atoms with Gasteiger partial charge >= 0.3 is 5.97 Å². The van der Waals surface area contributed by atoms with Crippen LogP contribution in [0.4, 0.5) is 11.4 Å². The lowest BCUT2D eigenvalue weighted by Gasteiger charge is -2.42. The fourth-order valence-electron chi connectivity index (χ4n) is 3.87. The first-order chi connectivity index (χ1) is 12.1. The van der Waals surface area contributed by atoms with Gasteiger partial charge in [-0.05, 0) is 77.6 Å². The molecule has 0 saturated heterocycles. The number of nitrogens with one attached hydrogen (secondary N) is 1. The molecule has 0 radical (unpaired) electrons. The molecule has 0 atom stereocenters. The number of carbonyl (C=O) groups is 1. The van der Waals surface area contributed by atoms with Crippen LogP contribution in [-0.4, -0.2) is 13.1 Å². The Kier molecular flexibility index (Phi) is 4.60. The minimum atomic E-state index is -0.308. The van der Waals surface area contributed by atoms with Crippen molar-refractivity contribution in [2.24, 2.45) is 0 Å². The Labute approximate surface area is 156 Å². The molecular formula is C23H29NO2. The average Bonchev–Trinajstić information content (AvgIpc) is 2.60. The number of hydrogen-bond donors (Lipinski definition) is 1. The minimum Gasteiger partial charge on any atom is -0.465 e. The maximum atomic E-state index is 11.7. The Morgan fingerprint density at radius 1 is 0.962 bits per heavy atom. The molecule has 0 fully saturated rings. The van der Waals surface area contributed by atoms with Gasteiger partial charge in [-0.3, -0.25) is 0 Å². The van der Waals surface area contributed by atoms with Crippen LogP contribution < -0.4 is 5.32 Å². The second kappa shape index (κ2) is 6.46. The fourth-order valence-corrected chi connectivity index (χ4v) is 3.87. The lowest BCUT2D eigenvalue weighted by molar-refractivity contribution is 0.0600. The fraction of sp³-hybridized carbons (Fsp3) is 0.435. The first-order valence-corrected chi connectivity index (χ1v) is 9.25. The number of carbonyl (C=O) groups excluding carboxylic acids is 1. The van der Waals surface area contributed by atoms with Crippen LogP contribution in [0.1, 0.15) is 67.6 Å². The van der Waals surface area contributed by atoms with Gasteiger partial charge in [0.2, 0.25) is 0 Å². The van der Waals surface area contributed by atoms with E-state index in [1.165, 1.54) is 31.1 Å². The summed E-state index contributed by atoms with van der Waals surface area (Å²) in [6, 6.07) is 12.3. The summed E-state index contributed by atoms with van der Waals surface area (Å²) in [5.41, 5.74) is 6.98. The van der Waals surface area contributed by atoms with Crippen LogP contribution in [0, 0.1) is 6.92 Å². The van der Waals surface area contributed by atoms with E-state index in [4.69, 9.17) is 4.74 Å². The average molecular weight is 351 g/mol. The summed E-state index contributed by atoms with van der Waals surface area (Å²) in [4.78, 5) is 11.7. The smallest absolute Gasteiger partial charge is 0.337 e. The van der Waals surface area contributed by atoms with Crippen molar-refractivity contribution in [3.63, 3.8) is 0 Å². The van der Waals surface area contributed by atoms with E-state index in [9.17, 15) is 4.79 Å². The maximum Gasteiger partial charge on any atom is 0.337 e. The zero-order valence-electron chi connectivity index (χ0n) is 16.7. The van der Waals surface area contributed by atoms with E-state index >= 15 is 0 Å². The number of benzene rings is 2. The number of rotatable bonds is 3. The van der Waals surface area contributed by atoms with Crippen LogP contribution in [-0.2, 0) is 15.6 Å². The molecule has 0 unspecified atom stereocenters. The number of hydrogen-bond acceptors (Lipinski definition) is 3. The van der Waals surface area contributed by atoms with Crippen molar-refractivity contribution >= 4 is 17.3 Å². The Hall–Kier alpha value is -2.29. The molecule has 138 valence electrons. The normalized spacial score (nSPS) is 17.3. The molecule has 3 rings (SSSR count). The molecule has 0 spiro atoms. The summed E-state index contributed by atoms with van der Waals surface area (Å²) in [6.45, 7) is 11.3. The second-order valence-electron chi connectivity index (χ2n) is 8.67. The van der Waals surface area contributed by atoms with Gasteiger partial charge in [0.05, 0.1) is 12.7 Å². The molecule has 2 aromatic carbocycles. The molecule has 1 N–H and O–H groups in total. The number of fused-ring (bicyclic) bond motifs is 1. The van der Waals surface area contributed by atoms with Crippen LogP contribution in [0.15, 0.2) is 36.4 Å². The van der Waals surface area contributed by atoms with Crippen molar-refractivity contribution in [2.45, 2.75) is 58.3 Å². The number of esters is 1. The molecule has 0 amide bonds. The van der Waals surface area contributed by atoms with E-state index < -0.39 is 0 Å². The van der Waals surface area contributed by atoms with E-state index in [1.54, 1.807) is 6.07 Å². The van der Waals surface area contributed by atoms with Crippen molar-refractivity contribution in [2.75, 3.05) is 12.4 Å². The molecule has 3 nitrogen and oxygen atoms in total. The first kappa shape index (κ1) is 18.5. The summed E-state index contributed by atoms with van der Waals surface area (Å²) >= 11 is 0. The third kappa shape index (κ3) is 3.35. The van der Waals surface area contributed by atoms with Gasteiger partial charge in [0.1, 0.15) is 0 Å². The Morgan fingerprint density at radius 3 is 2.23 bits per heavy atom. The highest BCUT2D eigenvalue weighted by Crippen LogP contribution is 2.46. The van der Waals surface area contributed by atoms with Crippen LogP contribution in [0.2, 0.25) is 0 Å². The van der Waals surface area contributed by atoms with E-state index in [2.05, 4.69) is 51.2 Å². The molecule has 2 aromatic rings. The summed E-state index contributed by atoms with van der Waals surface area (Å²) in [6.07, 6.45) is 2.41. The molecule has 1 aliphatic rings. The van der Waals surface area contributed by atoms with Gasteiger partial charge in [0.25, 0.3) is 0 Å². The number of anilines is 2. The molecule has 0 aliphatic heterocycles. The van der Waals surface area contributed by atoms with Gasteiger partial charge < -0.3 is 10.1 Å². The van der Waals surface area contributed by atoms with E-state index in [-0.39, 0.29) is 16.8 Å². The zero-order valence-corrected chi connectivity index (χ0v) is 16.7. The second-order valence-corrected chi connectivity index (χ2v) is 8.67. The summed E-state index contributed by atoms with van der Waals surface area (Å²) in [5, 5.41) is 3.52. The maximum absolute atomic E-state index is 11.7. The number of methoxy groups -OCH3 is 1. The predicted octanol–water partition coefficient (Wildman–Crippen LogP) is 5.87. The SMILES string of the molecule is COC(=O)c1ccc(Nc2ccc3c(c2)C(C)(C)CCC3(C)C)c(C)c1. The Morgan fingerprint density at radius 2 is 1.62 bits per heavy atom. The van der Waals surface area contributed by atoms with Crippen molar-refractivity contribution in [3.05, 3.63) is 58.7 Å². The highest BCUT2D eigenvalue weighted by molar-refractivity contribution is 5.90. The standard InChI is InChI=1S/C23H29NO2/c1-15-13-16(21(25)26-6)7-10-20(15)24-17-8-9-18-19(14-17)23(4,5)12-11-22(18,2)3/h7-10,13-14,24H,11-12H2,1-6H3. The number of ether oxygens (including phenoxy) is 1. The highest BCUT2D eigenvalue weighted by atomic mass is 16.5. The van der Waals surface area contributed by atoms with E-state index in [0.717, 1.165) is 16.9 Å². The van der Waals surface area contributed by atoms with Gasteiger partial charge in [0, 0.05) is 11.4 Å². The molecular weight excluding hydrogens is 322 g/mol. The highest BCUT2D eigenvalue weighted by Gasteiger charge is 2.36. The molecule has 26 heavy (non-hydrogen) atoms. The predicted molar refractivity (Wildman–Crippen MR) is 108 cm³/mol. The molecule has 3 heteroatoms. The molecule has 0 aromatic heterocycles. The largest absolute Gasteiger partial charge is 0.465 e. The van der Waals surface area contributed by atoms with Gasteiger partial charge in [-0.1, -0.05) is 33.8 Å². The van der Waals surface area contributed by atoms with Crippen LogP contribution in [0.25, 0.3) is 0 Å². The minimum absolute atomic E-state index is 0.187. The third-order valence-electron chi connectivity index (χ3n) is 5.78. The monoisotopic (exact) mass is 351 g/mol. The van der Waals surface area contributed by atoms with Gasteiger partial charge in [-0.15, -0.1) is 0 Å². The Bertz CT molecular complexity index is 849. The van der Waals surface area contributed by atoms with Crippen molar-refractivity contribution in [1.29, 1.82) is 0 Å². The van der Waals surface area contributed by atoms with Crippen molar-refractivity contribution < 1.29 is 9.53 Å². The van der Waals surface area contributed by atoms with Gasteiger partial charge in [0.15, 0.2) is 0 Å². The van der Waals surface area contributed by atoms with Crippen molar-refractivity contribution in [3.8, 4) is 0 Å². The van der Waals surface area contributed by atoms with Crippen molar-refractivity contribution in [1.82, 2.24) is 0 Å². The first-order valence-electron chi connectivity index (χ1n) is 9.25. The summed E-state index contributed by atoms with van der Waals surface area (Å²) < 4.78 is 4.79. The number of aryl methyl sites for hydroxylation is 1. The van der Waals surface area contributed by atoms with E-state index in [0.29, 0.717) is 5.56 Å². The molecule has 1 aliphatic carbocycles. The molecule has 0 saturated carbocycles. The Balaban J connectivity index is 1.94. The molecule has 0 bridgehead atoms. The van der Waals surface area contributed by atoms with Crippen LogP contribution in [0.5, 0.6) is 0 Å². The van der Waals surface area contributed by atoms with Gasteiger partial charge in [-0.25, -0.2) is 4.79 Å². The lowest BCUT2D eigenvalue weighted by atomic mass is 9.63. The topological polar surface area (TPSA) is 38.3 Å². The summed E-state index contributed by atoms with van der Waals surface area (Å²) in [5.74, 6) is -0.308.